The fourth-order valence-corrected chi connectivity index (χ4v) is 1.79. The van der Waals surface area contributed by atoms with E-state index in [1.165, 1.54) is 12.1 Å². The molecule has 0 fully saturated rings. The van der Waals surface area contributed by atoms with Gasteiger partial charge >= 0.3 is 0 Å². The van der Waals surface area contributed by atoms with Crippen molar-refractivity contribution >= 4 is 0 Å². The van der Waals surface area contributed by atoms with E-state index in [1.54, 1.807) is 18.5 Å². The maximum absolute atomic E-state index is 13.6. The van der Waals surface area contributed by atoms with Crippen molar-refractivity contribution in [1.82, 2.24) is 10.3 Å². The molecule has 0 saturated carbocycles. The summed E-state index contributed by atoms with van der Waals surface area (Å²) in [6.07, 6.45) is 3.49. The monoisotopic (exact) mass is 255 g/mol. The number of aromatic nitrogens is 1. The predicted octanol–water partition coefficient (Wildman–Crippen LogP) is 2.94. The maximum atomic E-state index is 13.6. The number of nitriles is 1. The third-order valence-corrected chi connectivity index (χ3v) is 2.96. The number of hydrogen-bond donors (Lipinski definition) is 1. The van der Waals surface area contributed by atoms with Crippen LogP contribution in [0.1, 0.15) is 29.7 Å². The second-order valence-electron chi connectivity index (χ2n) is 4.31. The summed E-state index contributed by atoms with van der Waals surface area (Å²) in [5.41, 5.74) is 2.00. The Bertz CT molecular complexity index is 590. The lowest BCUT2D eigenvalue weighted by Crippen LogP contribution is -2.19. The van der Waals surface area contributed by atoms with E-state index in [0.29, 0.717) is 17.7 Å². The number of halogens is 1. The van der Waals surface area contributed by atoms with Crippen molar-refractivity contribution in [3.8, 4) is 6.07 Å². The summed E-state index contributed by atoms with van der Waals surface area (Å²) in [6.45, 7) is 2.36. The highest BCUT2D eigenvalue weighted by Crippen LogP contribution is 2.14. The van der Waals surface area contributed by atoms with Crippen LogP contribution in [-0.2, 0) is 6.54 Å². The Balaban J connectivity index is 2.05. The van der Waals surface area contributed by atoms with Crippen molar-refractivity contribution < 1.29 is 4.39 Å². The lowest BCUT2D eigenvalue weighted by atomic mass is 10.1. The van der Waals surface area contributed by atoms with Gasteiger partial charge in [0.25, 0.3) is 0 Å². The van der Waals surface area contributed by atoms with Crippen molar-refractivity contribution in [3.63, 3.8) is 0 Å². The molecule has 3 nitrogen and oxygen atoms in total. The third-order valence-electron chi connectivity index (χ3n) is 2.96. The van der Waals surface area contributed by atoms with E-state index in [1.807, 2.05) is 25.1 Å². The molecule has 19 heavy (non-hydrogen) atoms. The molecule has 2 rings (SSSR count). The minimum absolute atomic E-state index is 0.0684. The number of nitrogens with one attached hydrogen (secondary N) is 1. The molecule has 0 amide bonds. The molecule has 0 radical (unpaired) electrons. The smallest absolute Gasteiger partial charge is 0.127 e. The van der Waals surface area contributed by atoms with E-state index < -0.39 is 0 Å². The highest BCUT2D eigenvalue weighted by molar-refractivity contribution is 5.33. The Morgan fingerprint density at radius 2 is 2.26 bits per heavy atom. The van der Waals surface area contributed by atoms with Gasteiger partial charge in [-0.05, 0) is 36.8 Å². The zero-order valence-electron chi connectivity index (χ0n) is 10.6. The lowest BCUT2D eigenvalue weighted by Gasteiger charge is -2.14. The van der Waals surface area contributed by atoms with Crippen LogP contribution in [0.3, 0.4) is 0 Å². The topological polar surface area (TPSA) is 48.7 Å². The van der Waals surface area contributed by atoms with Crippen LogP contribution in [0.5, 0.6) is 0 Å². The Labute approximate surface area is 111 Å². The van der Waals surface area contributed by atoms with Crippen LogP contribution in [0, 0.1) is 17.1 Å². The first-order chi connectivity index (χ1) is 9.20. The van der Waals surface area contributed by atoms with E-state index in [9.17, 15) is 4.39 Å². The summed E-state index contributed by atoms with van der Waals surface area (Å²) in [7, 11) is 0. The number of hydrogen-bond acceptors (Lipinski definition) is 3. The van der Waals surface area contributed by atoms with Crippen molar-refractivity contribution in [2.75, 3.05) is 0 Å². The number of rotatable bonds is 4. The minimum Gasteiger partial charge on any atom is -0.306 e. The van der Waals surface area contributed by atoms with Crippen LogP contribution in [0.4, 0.5) is 4.39 Å². The van der Waals surface area contributed by atoms with Gasteiger partial charge in [0.05, 0.1) is 11.6 Å². The summed E-state index contributed by atoms with van der Waals surface area (Å²) in [6, 6.07) is 10.3. The fraction of sp³-hybridized carbons (Fsp3) is 0.200. The zero-order chi connectivity index (χ0) is 13.7. The molecule has 0 saturated heterocycles. The Morgan fingerprint density at radius 1 is 1.42 bits per heavy atom. The van der Waals surface area contributed by atoms with E-state index in [2.05, 4.69) is 10.3 Å². The van der Waals surface area contributed by atoms with Gasteiger partial charge in [-0.25, -0.2) is 4.39 Å². The van der Waals surface area contributed by atoms with Gasteiger partial charge in [-0.3, -0.25) is 4.98 Å². The summed E-state index contributed by atoms with van der Waals surface area (Å²) in [4.78, 5) is 4.05. The second kappa shape index (κ2) is 6.07. The van der Waals surface area contributed by atoms with Crippen LogP contribution in [0.15, 0.2) is 42.7 Å². The van der Waals surface area contributed by atoms with E-state index in [4.69, 9.17) is 5.26 Å². The third kappa shape index (κ3) is 3.36. The molecule has 0 aliphatic rings. The molecule has 1 aromatic heterocycles. The highest BCUT2D eigenvalue weighted by Gasteiger charge is 2.07. The standard InChI is InChI=1S/C15H14FN3/c1-11(13-3-2-6-18-9-13)19-10-14-7-12(8-17)4-5-15(14)16/h2-7,9,11,19H,10H2,1H3/t11-/m0/s1. The van der Waals surface area contributed by atoms with Crippen molar-refractivity contribution in [1.29, 1.82) is 5.26 Å². The van der Waals surface area contributed by atoms with Gasteiger partial charge in [-0.1, -0.05) is 6.07 Å². The first-order valence-electron chi connectivity index (χ1n) is 6.02. The van der Waals surface area contributed by atoms with Crippen LogP contribution in [-0.4, -0.2) is 4.98 Å². The molecule has 0 unspecified atom stereocenters. The van der Waals surface area contributed by atoms with E-state index in [0.717, 1.165) is 5.56 Å². The van der Waals surface area contributed by atoms with Gasteiger partial charge in [-0.15, -0.1) is 0 Å². The van der Waals surface area contributed by atoms with Crippen LogP contribution < -0.4 is 5.32 Å². The molecule has 0 spiro atoms. The molecule has 4 heteroatoms. The average Bonchev–Trinajstić information content (AvgIpc) is 2.47. The zero-order valence-corrected chi connectivity index (χ0v) is 10.6. The maximum Gasteiger partial charge on any atom is 0.127 e. The van der Waals surface area contributed by atoms with Crippen LogP contribution >= 0.6 is 0 Å². The summed E-state index contributed by atoms with van der Waals surface area (Å²) in [5.74, 6) is -0.301. The van der Waals surface area contributed by atoms with Gasteiger partial charge in [0.1, 0.15) is 5.82 Å². The highest BCUT2D eigenvalue weighted by atomic mass is 19.1. The average molecular weight is 255 g/mol. The second-order valence-corrected chi connectivity index (χ2v) is 4.31. The molecular weight excluding hydrogens is 241 g/mol. The van der Waals surface area contributed by atoms with Gasteiger partial charge in [0.15, 0.2) is 0 Å². The number of benzene rings is 1. The molecular formula is C15H14FN3. The van der Waals surface area contributed by atoms with Gasteiger partial charge < -0.3 is 5.32 Å². The first-order valence-corrected chi connectivity index (χ1v) is 6.02. The molecule has 1 atom stereocenters. The van der Waals surface area contributed by atoms with Gasteiger partial charge in [0, 0.05) is 30.5 Å². The first kappa shape index (κ1) is 13.2. The fourth-order valence-electron chi connectivity index (χ4n) is 1.79. The Kier molecular flexibility index (Phi) is 4.22. The lowest BCUT2D eigenvalue weighted by molar-refractivity contribution is 0.543. The Morgan fingerprint density at radius 3 is 2.95 bits per heavy atom. The van der Waals surface area contributed by atoms with Crippen LogP contribution in [0.25, 0.3) is 0 Å². The Hall–Kier alpha value is -2.25. The normalized spacial score (nSPS) is 11.8. The molecule has 1 heterocycles. The van der Waals surface area contributed by atoms with Gasteiger partial charge in [0.2, 0.25) is 0 Å². The SMILES string of the molecule is C[C@H](NCc1cc(C#N)ccc1F)c1cccnc1. The molecule has 96 valence electrons. The largest absolute Gasteiger partial charge is 0.306 e. The number of pyridine rings is 1. The quantitative estimate of drug-likeness (QED) is 0.913. The summed E-state index contributed by atoms with van der Waals surface area (Å²) in [5, 5.41) is 12.0. The molecule has 0 bridgehead atoms. The number of nitrogens with zero attached hydrogens (tertiary/aromatic N) is 2. The summed E-state index contributed by atoms with van der Waals surface area (Å²) < 4.78 is 13.6. The molecule has 1 aromatic carbocycles. The predicted molar refractivity (Wildman–Crippen MR) is 70.6 cm³/mol. The van der Waals surface area contributed by atoms with Gasteiger partial charge in [-0.2, -0.15) is 5.26 Å². The van der Waals surface area contributed by atoms with Crippen molar-refractivity contribution in [3.05, 3.63) is 65.2 Å². The molecule has 0 aliphatic carbocycles. The van der Waals surface area contributed by atoms with Crippen molar-refractivity contribution in [2.45, 2.75) is 19.5 Å². The van der Waals surface area contributed by atoms with E-state index in [-0.39, 0.29) is 11.9 Å². The van der Waals surface area contributed by atoms with E-state index >= 15 is 0 Å². The molecule has 2 aromatic rings. The van der Waals surface area contributed by atoms with Crippen LogP contribution in [0.2, 0.25) is 0 Å². The molecule has 1 N–H and O–H groups in total. The molecule has 0 aliphatic heterocycles. The summed E-state index contributed by atoms with van der Waals surface area (Å²) >= 11 is 0. The minimum atomic E-state index is -0.301. The van der Waals surface area contributed by atoms with Crippen molar-refractivity contribution in [2.24, 2.45) is 0 Å².